The summed E-state index contributed by atoms with van der Waals surface area (Å²) in [7, 11) is 1.89. The Hall–Kier alpha value is -2.11. The van der Waals surface area contributed by atoms with Crippen LogP contribution in [0, 0.1) is 11.3 Å². The van der Waals surface area contributed by atoms with Gasteiger partial charge in [-0.05, 0) is 37.0 Å². The second-order valence-electron chi connectivity index (χ2n) is 7.29. The maximum atomic E-state index is 8.65. The van der Waals surface area contributed by atoms with E-state index in [-0.39, 0.29) is 11.9 Å². The van der Waals surface area contributed by atoms with Crippen molar-refractivity contribution in [3.05, 3.63) is 58.9 Å². The number of likely N-dealkylation sites (N-methyl/N-ethyl adjacent to an activating group) is 1. The van der Waals surface area contributed by atoms with E-state index in [2.05, 4.69) is 18.4 Å². The number of halogens is 1. The first-order valence-electron chi connectivity index (χ1n) is 9.46. The van der Waals surface area contributed by atoms with Gasteiger partial charge in [0.05, 0.1) is 10.7 Å². The zero-order chi connectivity index (χ0) is 19.6. The first kappa shape index (κ1) is 19.6. The predicted octanol–water partition coefficient (Wildman–Crippen LogP) is 3.96. The number of rotatable bonds is 5. The molecule has 0 amide bonds. The third-order valence-electron chi connectivity index (χ3n) is 5.39. The lowest BCUT2D eigenvalue weighted by Crippen LogP contribution is -2.41. The minimum absolute atomic E-state index is 0.275. The first-order chi connectivity index (χ1) is 12.9. The summed E-state index contributed by atoms with van der Waals surface area (Å²) in [4.78, 5) is 8.90. The van der Waals surface area contributed by atoms with E-state index in [4.69, 9.17) is 27.7 Å². The number of hydrogen-bond acceptors (Lipinski definition) is 5. The van der Waals surface area contributed by atoms with Gasteiger partial charge in [0.1, 0.15) is 17.7 Å². The molecule has 3 rings (SSSR count). The lowest BCUT2D eigenvalue weighted by Gasteiger charge is -2.35. The molecule has 3 heterocycles. The van der Waals surface area contributed by atoms with Gasteiger partial charge in [0.25, 0.3) is 0 Å². The Morgan fingerprint density at radius 2 is 2.22 bits per heavy atom. The van der Waals surface area contributed by atoms with Gasteiger partial charge >= 0.3 is 0 Å². The van der Waals surface area contributed by atoms with Crippen molar-refractivity contribution in [3.63, 3.8) is 0 Å². The van der Waals surface area contributed by atoms with Crippen molar-refractivity contribution in [2.75, 3.05) is 25.0 Å². The van der Waals surface area contributed by atoms with Crippen molar-refractivity contribution >= 4 is 23.1 Å². The Morgan fingerprint density at radius 3 is 2.96 bits per heavy atom. The molecule has 1 aromatic heterocycles. The van der Waals surface area contributed by atoms with Crippen LogP contribution in [0.4, 0.5) is 5.82 Å². The standard InChI is InChI=1S/C21H28ClN5/c1-4-6-15-13-27(12-10-14(15)2)18-9-8-17(22)20(25-18)19(23)16-7-5-11-26(3)21(16)24/h5,7-9,11,15,21,23H,2,4,6,10,12-13,24H2,1,3H3. The third kappa shape index (κ3) is 4.09. The van der Waals surface area contributed by atoms with E-state index in [1.807, 2.05) is 42.4 Å². The van der Waals surface area contributed by atoms with Crippen LogP contribution >= 0.6 is 11.6 Å². The molecular weight excluding hydrogens is 358 g/mol. The Morgan fingerprint density at radius 1 is 1.44 bits per heavy atom. The summed E-state index contributed by atoms with van der Waals surface area (Å²) in [5.74, 6) is 1.36. The molecule has 6 heteroatoms. The quantitative estimate of drug-likeness (QED) is 0.594. The van der Waals surface area contributed by atoms with Crippen molar-refractivity contribution in [1.82, 2.24) is 9.88 Å². The van der Waals surface area contributed by atoms with Crippen LogP contribution in [0.25, 0.3) is 0 Å². The highest BCUT2D eigenvalue weighted by atomic mass is 35.5. The van der Waals surface area contributed by atoms with E-state index < -0.39 is 0 Å². The van der Waals surface area contributed by atoms with E-state index in [1.54, 1.807) is 0 Å². The molecule has 5 nitrogen and oxygen atoms in total. The first-order valence-corrected chi connectivity index (χ1v) is 9.84. The van der Waals surface area contributed by atoms with Crippen LogP contribution in [0.5, 0.6) is 0 Å². The average molecular weight is 386 g/mol. The lowest BCUT2D eigenvalue weighted by molar-refractivity contribution is 0.380. The van der Waals surface area contributed by atoms with Crippen LogP contribution in [0.1, 0.15) is 31.9 Å². The molecular formula is C21H28ClN5. The van der Waals surface area contributed by atoms with Crippen LogP contribution in [-0.4, -0.2) is 41.9 Å². The van der Waals surface area contributed by atoms with Crippen molar-refractivity contribution in [2.24, 2.45) is 11.7 Å². The average Bonchev–Trinajstić information content (AvgIpc) is 2.66. The molecule has 2 unspecified atom stereocenters. The number of piperidine rings is 1. The molecule has 0 radical (unpaired) electrons. The molecule has 0 aliphatic carbocycles. The van der Waals surface area contributed by atoms with Gasteiger partial charge in [0.2, 0.25) is 0 Å². The number of hydrogen-bond donors (Lipinski definition) is 2. The Kier molecular flexibility index (Phi) is 6.02. The zero-order valence-electron chi connectivity index (χ0n) is 16.1. The molecule has 1 aromatic rings. The lowest BCUT2D eigenvalue weighted by atomic mass is 9.89. The van der Waals surface area contributed by atoms with Gasteiger partial charge < -0.3 is 15.5 Å². The van der Waals surface area contributed by atoms with Crippen LogP contribution in [0.2, 0.25) is 5.02 Å². The second kappa shape index (κ2) is 8.28. The van der Waals surface area contributed by atoms with Crippen LogP contribution in [0.15, 0.2) is 48.2 Å². The summed E-state index contributed by atoms with van der Waals surface area (Å²) in [5.41, 5.74) is 9.04. The summed E-state index contributed by atoms with van der Waals surface area (Å²) in [5, 5.41) is 9.12. The Bertz CT molecular complexity index is 798. The highest BCUT2D eigenvalue weighted by Crippen LogP contribution is 2.30. The van der Waals surface area contributed by atoms with Crippen molar-refractivity contribution in [1.29, 1.82) is 5.41 Å². The largest absolute Gasteiger partial charge is 0.361 e. The highest BCUT2D eigenvalue weighted by Gasteiger charge is 2.26. The maximum Gasteiger partial charge on any atom is 0.129 e. The molecule has 0 saturated carbocycles. The summed E-state index contributed by atoms with van der Waals surface area (Å²) in [6, 6.07) is 3.78. The van der Waals surface area contributed by atoms with Crippen LogP contribution in [-0.2, 0) is 0 Å². The molecule has 2 aliphatic heterocycles. The van der Waals surface area contributed by atoms with Gasteiger partial charge in [-0.25, -0.2) is 4.98 Å². The normalized spacial score (nSPS) is 22.8. The summed E-state index contributed by atoms with van der Waals surface area (Å²) in [6.07, 6.45) is 8.53. The topological polar surface area (TPSA) is 69.2 Å². The molecule has 144 valence electrons. The second-order valence-corrected chi connectivity index (χ2v) is 7.70. The fraction of sp³-hybridized carbons (Fsp3) is 0.429. The molecule has 1 fully saturated rings. The highest BCUT2D eigenvalue weighted by molar-refractivity contribution is 6.35. The van der Waals surface area contributed by atoms with Gasteiger partial charge in [-0.1, -0.05) is 43.2 Å². The van der Waals surface area contributed by atoms with Gasteiger partial charge in [0.15, 0.2) is 0 Å². The molecule has 1 saturated heterocycles. The monoisotopic (exact) mass is 385 g/mol. The fourth-order valence-corrected chi connectivity index (χ4v) is 3.87. The van der Waals surface area contributed by atoms with E-state index >= 15 is 0 Å². The maximum absolute atomic E-state index is 8.65. The number of anilines is 1. The summed E-state index contributed by atoms with van der Waals surface area (Å²) >= 11 is 6.40. The van der Waals surface area contributed by atoms with Crippen molar-refractivity contribution < 1.29 is 0 Å². The predicted molar refractivity (Wildman–Crippen MR) is 113 cm³/mol. The Balaban J connectivity index is 1.86. The van der Waals surface area contributed by atoms with Crippen LogP contribution < -0.4 is 10.6 Å². The smallest absolute Gasteiger partial charge is 0.129 e. The molecule has 0 spiro atoms. The van der Waals surface area contributed by atoms with Gasteiger partial charge in [-0.15, -0.1) is 0 Å². The zero-order valence-corrected chi connectivity index (χ0v) is 16.8. The minimum atomic E-state index is -0.378. The Labute approximate surface area is 166 Å². The SMILES string of the molecule is C=C1CCN(c2ccc(Cl)c(C(=N)C3=CC=CN(C)C3N)n2)CC1CCC. The van der Waals surface area contributed by atoms with Gasteiger partial charge in [-0.3, -0.25) is 5.41 Å². The molecule has 27 heavy (non-hydrogen) atoms. The molecule has 0 bridgehead atoms. The van der Waals surface area contributed by atoms with Crippen molar-refractivity contribution in [2.45, 2.75) is 32.4 Å². The summed E-state index contributed by atoms with van der Waals surface area (Å²) in [6.45, 7) is 8.27. The van der Waals surface area contributed by atoms with E-state index in [9.17, 15) is 0 Å². The third-order valence-corrected chi connectivity index (χ3v) is 5.70. The van der Waals surface area contributed by atoms with Gasteiger partial charge in [0, 0.05) is 31.9 Å². The number of nitrogens with zero attached hydrogens (tertiary/aromatic N) is 3. The minimum Gasteiger partial charge on any atom is -0.361 e. The number of nitrogens with two attached hydrogens (primary N) is 1. The van der Waals surface area contributed by atoms with E-state index in [1.165, 1.54) is 5.57 Å². The number of pyridine rings is 1. The number of allylic oxidation sites excluding steroid dienone is 2. The number of aromatic nitrogens is 1. The molecule has 2 atom stereocenters. The number of nitrogens with one attached hydrogen (secondary N) is 1. The summed E-state index contributed by atoms with van der Waals surface area (Å²) < 4.78 is 0. The van der Waals surface area contributed by atoms with Crippen molar-refractivity contribution in [3.8, 4) is 0 Å². The van der Waals surface area contributed by atoms with Gasteiger partial charge in [-0.2, -0.15) is 0 Å². The van der Waals surface area contributed by atoms with E-state index in [0.717, 1.165) is 38.2 Å². The molecule has 3 N–H and O–H groups in total. The molecule has 0 aromatic carbocycles. The molecule has 2 aliphatic rings. The fourth-order valence-electron chi connectivity index (χ4n) is 3.67. The van der Waals surface area contributed by atoms with Crippen LogP contribution in [0.3, 0.4) is 0 Å². The van der Waals surface area contributed by atoms with E-state index in [0.29, 0.717) is 22.2 Å².